The molecule has 0 aliphatic heterocycles. The average Bonchev–Trinajstić information content (AvgIpc) is 2.41. The summed E-state index contributed by atoms with van der Waals surface area (Å²) in [4.78, 5) is 0. The molecule has 0 spiro atoms. The monoisotopic (exact) mass is 243 g/mol. The van der Waals surface area contributed by atoms with Crippen LogP contribution >= 0.6 is 0 Å². The number of hydrogen-bond acceptors (Lipinski definition) is 1. The van der Waals surface area contributed by atoms with Gasteiger partial charge in [0, 0.05) is 12.0 Å². The van der Waals surface area contributed by atoms with Crippen molar-refractivity contribution in [1.29, 1.82) is 0 Å². The van der Waals surface area contributed by atoms with Crippen molar-refractivity contribution in [3.8, 4) is 0 Å². The van der Waals surface area contributed by atoms with Gasteiger partial charge in [-0.1, -0.05) is 49.4 Å². The Labute approximate surface area is 107 Å². The third-order valence-electron chi connectivity index (χ3n) is 3.36. The Bertz CT molecular complexity index is 478. The zero-order valence-corrected chi connectivity index (χ0v) is 10.5. The highest BCUT2D eigenvalue weighted by Crippen LogP contribution is 2.31. The molecule has 0 fully saturated rings. The van der Waals surface area contributed by atoms with E-state index in [2.05, 4.69) is 19.1 Å². The SMILES string of the molecule is CCC(c1ccccc1)C(N)c1ccc(F)cc1. The van der Waals surface area contributed by atoms with Gasteiger partial charge in [-0.05, 0) is 29.7 Å². The molecule has 0 heterocycles. The molecule has 2 aromatic carbocycles. The van der Waals surface area contributed by atoms with Gasteiger partial charge in [0.25, 0.3) is 0 Å². The van der Waals surface area contributed by atoms with Gasteiger partial charge in [0.05, 0.1) is 0 Å². The first-order valence-corrected chi connectivity index (χ1v) is 6.28. The fourth-order valence-corrected chi connectivity index (χ4v) is 2.31. The van der Waals surface area contributed by atoms with Crippen LogP contribution in [0.4, 0.5) is 4.39 Å². The van der Waals surface area contributed by atoms with Gasteiger partial charge in [-0.25, -0.2) is 4.39 Å². The van der Waals surface area contributed by atoms with Crippen LogP contribution in [0.15, 0.2) is 54.6 Å². The minimum atomic E-state index is -0.223. The summed E-state index contributed by atoms with van der Waals surface area (Å²) in [6.45, 7) is 2.13. The van der Waals surface area contributed by atoms with Crippen molar-refractivity contribution < 1.29 is 4.39 Å². The first-order chi connectivity index (χ1) is 8.72. The van der Waals surface area contributed by atoms with Crippen molar-refractivity contribution in [3.05, 3.63) is 71.5 Å². The normalized spacial score (nSPS) is 14.2. The van der Waals surface area contributed by atoms with E-state index < -0.39 is 0 Å². The summed E-state index contributed by atoms with van der Waals surface area (Å²) in [6, 6.07) is 16.6. The van der Waals surface area contributed by atoms with E-state index in [1.165, 1.54) is 17.7 Å². The average molecular weight is 243 g/mol. The zero-order valence-electron chi connectivity index (χ0n) is 10.5. The third kappa shape index (κ3) is 2.77. The predicted molar refractivity (Wildman–Crippen MR) is 72.8 cm³/mol. The van der Waals surface area contributed by atoms with Crippen LogP contribution in [0.3, 0.4) is 0 Å². The maximum atomic E-state index is 12.9. The van der Waals surface area contributed by atoms with E-state index in [1.54, 1.807) is 12.1 Å². The Morgan fingerprint density at radius 2 is 1.56 bits per heavy atom. The molecular formula is C16H18FN. The van der Waals surface area contributed by atoms with Crippen molar-refractivity contribution in [1.82, 2.24) is 0 Å². The van der Waals surface area contributed by atoms with Gasteiger partial charge in [0.2, 0.25) is 0 Å². The Balaban J connectivity index is 2.25. The lowest BCUT2D eigenvalue weighted by molar-refractivity contribution is 0.537. The maximum Gasteiger partial charge on any atom is 0.123 e. The highest BCUT2D eigenvalue weighted by Gasteiger charge is 2.19. The van der Waals surface area contributed by atoms with E-state index in [9.17, 15) is 4.39 Å². The van der Waals surface area contributed by atoms with E-state index in [-0.39, 0.29) is 17.8 Å². The molecule has 0 aliphatic carbocycles. The van der Waals surface area contributed by atoms with Gasteiger partial charge < -0.3 is 5.73 Å². The molecule has 94 valence electrons. The van der Waals surface area contributed by atoms with Crippen LogP contribution in [0.5, 0.6) is 0 Å². The van der Waals surface area contributed by atoms with Crippen molar-refractivity contribution in [2.45, 2.75) is 25.3 Å². The lowest BCUT2D eigenvalue weighted by Crippen LogP contribution is -2.19. The van der Waals surface area contributed by atoms with Gasteiger partial charge in [0.15, 0.2) is 0 Å². The summed E-state index contributed by atoms with van der Waals surface area (Å²) in [7, 11) is 0. The maximum absolute atomic E-state index is 12.9. The topological polar surface area (TPSA) is 26.0 Å². The smallest absolute Gasteiger partial charge is 0.123 e. The Morgan fingerprint density at radius 3 is 2.11 bits per heavy atom. The molecule has 2 unspecified atom stereocenters. The minimum absolute atomic E-state index is 0.0991. The predicted octanol–water partition coefficient (Wildman–Crippen LogP) is 4.02. The van der Waals surface area contributed by atoms with E-state index in [0.717, 1.165) is 12.0 Å². The van der Waals surface area contributed by atoms with E-state index >= 15 is 0 Å². The summed E-state index contributed by atoms with van der Waals surface area (Å²) in [5.41, 5.74) is 8.52. The molecule has 2 N–H and O–H groups in total. The standard InChI is InChI=1S/C16H18FN/c1-2-15(12-6-4-3-5-7-12)16(18)13-8-10-14(17)11-9-13/h3-11,15-16H,2,18H2,1H3. The summed E-state index contributed by atoms with van der Waals surface area (Å²) >= 11 is 0. The van der Waals surface area contributed by atoms with Crippen LogP contribution in [0.25, 0.3) is 0 Å². The molecule has 0 amide bonds. The van der Waals surface area contributed by atoms with Crippen LogP contribution < -0.4 is 5.73 Å². The molecule has 2 atom stereocenters. The minimum Gasteiger partial charge on any atom is -0.323 e. The molecule has 2 heteroatoms. The molecule has 0 radical (unpaired) electrons. The highest BCUT2D eigenvalue weighted by molar-refractivity contribution is 5.27. The molecule has 0 aliphatic rings. The van der Waals surface area contributed by atoms with Crippen LogP contribution in [0, 0.1) is 5.82 Å². The largest absolute Gasteiger partial charge is 0.323 e. The molecule has 0 bridgehead atoms. The second-order valence-corrected chi connectivity index (χ2v) is 4.50. The van der Waals surface area contributed by atoms with Crippen molar-refractivity contribution >= 4 is 0 Å². The molecule has 0 aromatic heterocycles. The summed E-state index contributed by atoms with van der Waals surface area (Å²) in [5, 5.41) is 0. The lowest BCUT2D eigenvalue weighted by atomic mass is 9.86. The number of rotatable bonds is 4. The van der Waals surface area contributed by atoms with E-state index in [4.69, 9.17) is 5.73 Å². The number of benzene rings is 2. The van der Waals surface area contributed by atoms with Crippen molar-refractivity contribution in [2.24, 2.45) is 5.73 Å². The van der Waals surface area contributed by atoms with Gasteiger partial charge in [-0.2, -0.15) is 0 Å². The molecule has 0 saturated heterocycles. The molecule has 2 rings (SSSR count). The van der Waals surface area contributed by atoms with Gasteiger partial charge >= 0.3 is 0 Å². The molecule has 2 aromatic rings. The van der Waals surface area contributed by atoms with E-state index in [0.29, 0.717) is 0 Å². The fourth-order valence-electron chi connectivity index (χ4n) is 2.31. The van der Waals surface area contributed by atoms with Crippen molar-refractivity contribution in [2.75, 3.05) is 0 Å². The van der Waals surface area contributed by atoms with Crippen LogP contribution in [0.1, 0.15) is 36.4 Å². The summed E-state index contributed by atoms with van der Waals surface area (Å²) in [6.07, 6.45) is 0.961. The molecule has 0 saturated carbocycles. The third-order valence-corrected chi connectivity index (χ3v) is 3.36. The molecule has 18 heavy (non-hydrogen) atoms. The van der Waals surface area contributed by atoms with Gasteiger partial charge in [-0.15, -0.1) is 0 Å². The molecule has 1 nitrogen and oxygen atoms in total. The Morgan fingerprint density at radius 1 is 0.944 bits per heavy atom. The first kappa shape index (κ1) is 12.8. The van der Waals surface area contributed by atoms with Crippen LogP contribution in [-0.4, -0.2) is 0 Å². The first-order valence-electron chi connectivity index (χ1n) is 6.28. The van der Waals surface area contributed by atoms with E-state index in [1.807, 2.05) is 18.2 Å². The van der Waals surface area contributed by atoms with Gasteiger partial charge in [0.1, 0.15) is 5.82 Å². The highest BCUT2D eigenvalue weighted by atomic mass is 19.1. The van der Waals surface area contributed by atoms with Crippen LogP contribution in [-0.2, 0) is 0 Å². The van der Waals surface area contributed by atoms with Gasteiger partial charge in [-0.3, -0.25) is 0 Å². The number of nitrogens with two attached hydrogens (primary N) is 1. The zero-order chi connectivity index (χ0) is 13.0. The Kier molecular flexibility index (Phi) is 4.11. The summed E-state index contributed by atoms with van der Waals surface area (Å²) < 4.78 is 12.9. The van der Waals surface area contributed by atoms with Crippen molar-refractivity contribution in [3.63, 3.8) is 0 Å². The van der Waals surface area contributed by atoms with Crippen LogP contribution in [0.2, 0.25) is 0 Å². The second kappa shape index (κ2) is 5.78. The fraction of sp³-hybridized carbons (Fsp3) is 0.250. The number of hydrogen-bond donors (Lipinski definition) is 1. The molecular weight excluding hydrogens is 225 g/mol. The quantitative estimate of drug-likeness (QED) is 0.862. The lowest BCUT2D eigenvalue weighted by Gasteiger charge is -2.23. The second-order valence-electron chi connectivity index (χ2n) is 4.50. The number of halogens is 1. The Hall–Kier alpha value is -1.67. The summed E-state index contributed by atoms with van der Waals surface area (Å²) in [5.74, 6) is 0.0374.